The Hall–Kier alpha value is -6.53. The van der Waals surface area contributed by atoms with Crippen LogP contribution in [0.1, 0.15) is 59.9 Å². The zero-order valence-electron chi connectivity index (χ0n) is 29.9. The highest BCUT2D eigenvalue weighted by Crippen LogP contribution is 2.54. The van der Waals surface area contributed by atoms with Crippen molar-refractivity contribution in [1.82, 2.24) is 19.1 Å². The van der Waals surface area contributed by atoms with Crippen LogP contribution in [0.25, 0.3) is 33.3 Å². The summed E-state index contributed by atoms with van der Waals surface area (Å²) in [5, 5.41) is 2.19. The summed E-state index contributed by atoms with van der Waals surface area (Å²) in [7, 11) is 0. The Morgan fingerprint density at radius 2 is 1.46 bits per heavy atom. The van der Waals surface area contributed by atoms with E-state index < -0.39 is 6.17 Å². The Morgan fingerprint density at radius 1 is 0.667 bits per heavy atom. The van der Waals surface area contributed by atoms with Crippen LogP contribution in [0.5, 0.6) is 0 Å². The predicted octanol–water partition coefficient (Wildman–Crippen LogP) is 11.9. The summed E-state index contributed by atoms with van der Waals surface area (Å²) in [6.07, 6.45) is 10.6. The average Bonchev–Trinajstić information content (AvgIpc) is 3.84. The molecular weight excluding hydrogens is 666 g/mol. The van der Waals surface area contributed by atoms with Crippen LogP contribution in [0.4, 0.5) is 21.5 Å². The van der Waals surface area contributed by atoms with Crippen molar-refractivity contribution in [2.45, 2.75) is 37.3 Å². The molecule has 54 heavy (non-hydrogen) atoms. The van der Waals surface area contributed by atoms with Crippen molar-refractivity contribution < 1.29 is 4.39 Å². The van der Waals surface area contributed by atoms with Crippen molar-refractivity contribution >= 4 is 39.0 Å². The zero-order chi connectivity index (χ0) is 36.1. The number of anilines is 3. The maximum absolute atomic E-state index is 16.9. The fourth-order valence-corrected chi connectivity index (χ4v) is 9.32. The molecule has 11 rings (SSSR count). The van der Waals surface area contributed by atoms with Crippen molar-refractivity contribution in [2.75, 3.05) is 4.90 Å². The first-order valence-electron chi connectivity index (χ1n) is 18.6. The van der Waals surface area contributed by atoms with E-state index in [1.807, 2.05) is 48.9 Å². The van der Waals surface area contributed by atoms with E-state index in [2.05, 4.69) is 143 Å². The van der Waals surface area contributed by atoms with E-state index in [0.29, 0.717) is 11.1 Å². The first-order chi connectivity index (χ1) is 26.5. The van der Waals surface area contributed by atoms with Gasteiger partial charge in [-0.1, -0.05) is 98.8 Å². The van der Waals surface area contributed by atoms with Crippen LogP contribution in [-0.4, -0.2) is 19.1 Å². The third-order valence-electron chi connectivity index (χ3n) is 11.9. The fraction of sp³-hybridized carbons (Fsp3) is 0.125. The van der Waals surface area contributed by atoms with E-state index in [0.717, 1.165) is 50.5 Å². The molecule has 8 aromatic rings. The van der Waals surface area contributed by atoms with Gasteiger partial charge in [0, 0.05) is 58.0 Å². The maximum atomic E-state index is 16.9. The minimum absolute atomic E-state index is 0.0500. The number of hydrogen-bond donors (Lipinski definition) is 0. The fourth-order valence-electron chi connectivity index (χ4n) is 9.32. The molecule has 0 fully saturated rings. The van der Waals surface area contributed by atoms with Crippen LogP contribution >= 0.6 is 0 Å². The van der Waals surface area contributed by atoms with E-state index in [9.17, 15) is 0 Å². The van der Waals surface area contributed by atoms with E-state index in [-0.39, 0.29) is 17.3 Å². The minimum atomic E-state index is -1.32. The molecule has 3 aromatic heterocycles. The second-order valence-electron chi connectivity index (χ2n) is 15.2. The standard InChI is InChI=1S/C48H36FN5/c1-48(2)39-18-7-9-20-42(39)53(32-13-4-3-5-14-32)44-29-43-37(28-40(44)48)36-17-11-23-50-47(36)54(43)33-15-10-12-30(26-33)45(49)31-21-22-34-35-16-6-8-19-41(35)52-25-24-51-46(52)38(34)27-31/h3-29,34,38,45H,1-2H3. The van der Waals surface area contributed by atoms with Gasteiger partial charge in [0.25, 0.3) is 0 Å². The van der Waals surface area contributed by atoms with Gasteiger partial charge in [-0.25, -0.2) is 14.4 Å². The molecule has 0 radical (unpaired) electrons. The van der Waals surface area contributed by atoms with Gasteiger partial charge >= 0.3 is 0 Å². The van der Waals surface area contributed by atoms with Crippen LogP contribution < -0.4 is 4.90 Å². The number of pyridine rings is 1. The number of imidazole rings is 1. The summed E-state index contributed by atoms with van der Waals surface area (Å²) >= 11 is 0. The molecule has 6 heteroatoms. The van der Waals surface area contributed by atoms with E-state index in [4.69, 9.17) is 9.97 Å². The maximum Gasteiger partial charge on any atom is 0.150 e. The molecule has 0 spiro atoms. The third kappa shape index (κ3) is 4.37. The number of aromatic nitrogens is 4. The Balaban J connectivity index is 1.06. The topological polar surface area (TPSA) is 38.9 Å². The predicted molar refractivity (Wildman–Crippen MR) is 216 cm³/mol. The lowest BCUT2D eigenvalue weighted by Crippen LogP contribution is -2.30. The van der Waals surface area contributed by atoms with E-state index in [1.165, 1.54) is 22.4 Å². The SMILES string of the molecule is CC1(C)c2ccccc2N(c2ccccc2)c2cc3c(cc21)c1cccnc1n3-c1cccc(C(F)C2=CC3c4nccn4-c4ccccc4C3C=C2)c1. The van der Waals surface area contributed by atoms with Crippen LogP contribution in [0, 0.1) is 0 Å². The van der Waals surface area contributed by atoms with Crippen molar-refractivity contribution in [3.05, 3.63) is 198 Å². The number of benzene rings is 5. The van der Waals surface area contributed by atoms with Gasteiger partial charge in [-0.2, -0.15) is 0 Å². The third-order valence-corrected chi connectivity index (χ3v) is 11.9. The molecule has 3 atom stereocenters. The number of fused-ring (bicyclic) bond motifs is 11. The summed E-state index contributed by atoms with van der Waals surface area (Å²) in [5.74, 6) is 1.00. The number of nitrogens with zero attached hydrogens (tertiary/aromatic N) is 5. The van der Waals surface area contributed by atoms with Crippen molar-refractivity contribution in [3.63, 3.8) is 0 Å². The quantitative estimate of drug-likeness (QED) is 0.183. The first-order valence-corrected chi connectivity index (χ1v) is 18.6. The van der Waals surface area contributed by atoms with E-state index in [1.54, 1.807) is 0 Å². The number of hydrogen-bond acceptors (Lipinski definition) is 3. The molecule has 3 aliphatic rings. The smallest absolute Gasteiger partial charge is 0.150 e. The van der Waals surface area contributed by atoms with Gasteiger partial charge in [-0.3, -0.25) is 4.57 Å². The van der Waals surface area contributed by atoms with Gasteiger partial charge < -0.3 is 9.47 Å². The largest absolute Gasteiger partial charge is 0.310 e. The average molecular weight is 702 g/mol. The van der Waals surface area contributed by atoms with Crippen molar-refractivity contribution in [1.29, 1.82) is 0 Å². The number of para-hydroxylation sites is 3. The lowest BCUT2D eigenvalue weighted by molar-refractivity contribution is 0.396. The summed E-state index contributed by atoms with van der Waals surface area (Å²) in [6, 6.07) is 44.5. The van der Waals surface area contributed by atoms with Gasteiger partial charge in [0.15, 0.2) is 6.17 Å². The summed E-state index contributed by atoms with van der Waals surface area (Å²) in [6.45, 7) is 4.63. The normalized spacial score (nSPS) is 18.4. The zero-order valence-corrected chi connectivity index (χ0v) is 29.9. The molecule has 3 unspecified atom stereocenters. The lowest BCUT2D eigenvalue weighted by Gasteiger charge is -2.42. The van der Waals surface area contributed by atoms with Crippen LogP contribution in [0.3, 0.4) is 0 Å². The molecule has 5 heterocycles. The Morgan fingerprint density at radius 3 is 2.35 bits per heavy atom. The molecule has 0 amide bonds. The number of alkyl halides is 1. The van der Waals surface area contributed by atoms with E-state index >= 15 is 4.39 Å². The second kappa shape index (κ2) is 11.5. The molecule has 0 saturated carbocycles. The highest BCUT2D eigenvalue weighted by molar-refractivity contribution is 6.10. The monoisotopic (exact) mass is 701 g/mol. The number of halogens is 1. The molecule has 0 bridgehead atoms. The number of allylic oxidation sites excluding steroid dienone is 4. The Labute approximate surface area is 313 Å². The van der Waals surface area contributed by atoms with Crippen LogP contribution in [0.15, 0.2) is 170 Å². The molecule has 0 saturated heterocycles. The Kier molecular flexibility index (Phi) is 6.60. The highest BCUT2D eigenvalue weighted by Gasteiger charge is 2.38. The van der Waals surface area contributed by atoms with Gasteiger partial charge in [0.1, 0.15) is 11.5 Å². The summed E-state index contributed by atoms with van der Waals surface area (Å²) < 4.78 is 21.3. The second-order valence-corrected chi connectivity index (χ2v) is 15.2. The molecule has 2 aliphatic heterocycles. The lowest BCUT2D eigenvalue weighted by atomic mass is 9.73. The molecule has 1 aliphatic carbocycles. The molecule has 260 valence electrons. The molecule has 5 nitrogen and oxygen atoms in total. The Bertz CT molecular complexity index is 2860. The molecule has 0 N–H and O–H groups in total. The van der Waals surface area contributed by atoms with Gasteiger partial charge in [-0.15, -0.1) is 0 Å². The van der Waals surface area contributed by atoms with Gasteiger partial charge in [-0.05, 0) is 88.5 Å². The minimum Gasteiger partial charge on any atom is -0.310 e. The van der Waals surface area contributed by atoms with Crippen LogP contribution in [0.2, 0.25) is 0 Å². The first kappa shape index (κ1) is 31.0. The number of rotatable bonds is 4. The van der Waals surface area contributed by atoms with Crippen LogP contribution in [-0.2, 0) is 5.41 Å². The van der Waals surface area contributed by atoms with Gasteiger partial charge in [0.2, 0.25) is 0 Å². The van der Waals surface area contributed by atoms with Gasteiger partial charge in [0.05, 0.1) is 22.6 Å². The summed E-state index contributed by atoms with van der Waals surface area (Å²) in [4.78, 5) is 12.1. The van der Waals surface area contributed by atoms with Crippen molar-refractivity contribution in [2.24, 2.45) is 0 Å². The molecular formula is C48H36FN5. The van der Waals surface area contributed by atoms with Crippen molar-refractivity contribution in [3.8, 4) is 11.4 Å². The summed E-state index contributed by atoms with van der Waals surface area (Å²) in [5.41, 5.74) is 12.0. The molecule has 5 aromatic carbocycles. The highest BCUT2D eigenvalue weighted by atomic mass is 19.1.